The fourth-order valence-electron chi connectivity index (χ4n) is 2.49. The van der Waals surface area contributed by atoms with Gasteiger partial charge in [-0.15, -0.1) is 0 Å². The van der Waals surface area contributed by atoms with E-state index in [0.29, 0.717) is 25.1 Å². The first-order valence-corrected chi connectivity index (χ1v) is 5.93. The maximum absolute atomic E-state index is 11.0. The first-order valence-electron chi connectivity index (χ1n) is 5.93. The number of methoxy groups -OCH3 is 1. The van der Waals surface area contributed by atoms with Crippen molar-refractivity contribution in [2.45, 2.75) is 26.8 Å². The van der Waals surface area contributed by atoms with E-state index in [-0.39, 0.29) is 11.8 Å². The molecule has 1 saturated heterocycles. The highest BCUT2D eigenvalue weighted by Gasteiger charge is 2.38. The topological polar surface area (TPSA) is 49.8 Å². The number of likely N-dealkylation sites (tertiary alicyclic amines) is 1. The quantitative estimate of drug-likeness (QED) is 0.772. The lowest BCUT2D eigenvalue weighted by Crippen LogP contribution is -2.41. The lowest BCUT2D eigenvalue weighted by atomic mass is 9.99. The van der Waals surface area contributed by atoms with Crippen LogP contribution in [0.1, 0.15) is 20.8 Å². The van der Waals surface area contributed by atoms with Crippen molar-refractivity contribution in [1.82, 2.24) is 4.90 Å². The number of carboxylic acids is 1. The van der Waals surface area contributed by atoms with Crippen molar-refractivity contribution in [3.8, 4) is 0 Å². The Labute approximate surface area is 97.6 Å². The molecule has 0 saturated carbocycles. The standard InChI is InChI=1S/C12H23NO3/c1-8(2)11(7-16-4)13-5-9(3)10(6-13)12(14)15/h8-11H,5-7H2,1-4H3,(H,14,15). The molecule has 1 rings (SSSR count). The molecule has 1 fully saturated rings. The number of hydrogen-bond acceptors (Lipinski definition) is 3. The molecule has 4 heteroatoms. The molecule has 4 nitrogen and oxygen atoms in total. The van der Waals surface area contributed by atoms with E-state index in [0.717, 1.165) is 6.54 Å². The largest absolute Gasteiger partial charge is 0.481 e. The highest BCUT2D eigenvalue weighted by atomic mass is 16.5. The van der Waals surface area contributed by atoms with Crippen LogP contribution in [-0.4, -0.2) is 48.8 Å². The van der Waals surface area contributed by atoms with Crippen LogP contribution in [0, 0.1) is 17.8 Å². The molecule has 0 aliphatic carbocycles. The number of rotatable bonds is 5. The molecule has 3 unspecified atom stereocenters. The van der Waals surface area contributed by atoms with Gasteiger partial charge in [-0.25, -0.2) is 0 Å². The van der Waals surface area contributed by atoms with E-state index >= 15 is 0 Å². The maximum Gasteiger partial charge on any atom is 0.308 e. The van der Waals surface area contributed by atoms with Crippen LogP contribution in [0.4, 0.5) is 0 Å². The molecule has 0 aromatic heterocycles. The number of hydrogen-bond donors (Lipinski definition) is 1. The molecule has 0 aromatic carbocycles. The van der Waals surface area contributed by atoms with Gasteiger partial charge in [-0.05, 0) is 11.8 Å². The van der Waals surface area contributed by atoms with Gasteiger partial charge in [0.1, 0.15) is 0 Å². The van der Waals surface area contributed by atoms with Gasteiger partial charge in [0.2, 0.25) is 0 Å². The first-order chi connectivity index (χ1) is 7.47. The summed E-state index contributed by atoms with van der Waals surface area (Å²) in [5.41, 5.74) is 0. The van der Waals surface area contributed by atoms with Crippen LogP contribution in [-0.2, 0) is 9.53 Å². The van der Waals surface area contributed by atoms with Gasteiger partial charge in [-0.2, -0.15) is 0 Å². The van der Waals surface area contributed by atoms with Crippen LogP contribution in [0.5, 0.6) is 0 Å². The molecule has 1 heterocycles. The molecule has 0 radical (unpaired) electrons. The zero-order valence-electron chi connectivity index (χ0n) is 10.6. The van der Waals surface area contributed by atoms with E-state index in [1.807, 2.05) is 6.92 Å². The van der Waals surface area contributed by atoms with Crippen LogP contribution >= 0.6 is 0 Å². The van der Waals surface area contributed by atoms with Gasteiger partial charge in [0.25, 0.3) is 0 Å². The van der Waals surface area contributed by atoms with E-state index in [4.69, 9.17) is 9.84 Å². The highest BCUT2D eigenvalue weighted by molar-refractivity contribution is 5.71. The molecular weight excluding hydrogens is 206 g/mol. The Hall–Kier alpha value is -0.610. The second-order valence-electron chi connectivity index (χ2n) is 5.14. The third kappa shape index (κ3) is 2.95. The number of carboxylic acid groups (broad SMARTS) is 1. The molecule has 0 aromatic rings. The zero-order valence-corrected chi connectivity index (χ0v) is 10.6. The van der Waals surface area contributed by atoms with Crippen molar-refractivity contribution in [3.63, 3.8) is 0 Å². The maximum atomic E-state index is 11.0. The van der Waals surface area contributed by atoms with Crippen LogP contribution in [0.25, 0.3) is 0 Å². The Morgan fingerprint density at radius 3 is 2.50 bits per heavy atom. The average molecular weight is 229 g/mol. The Morgan fingerprint density at radius 1 is 1.50 bits per heavy atom. The lowest BCUT2D eigenvalue weighted by molar-refractivity contribution is -0.142. The molecule has 1 N–H and O–H groups in total. The molecule has 0 amide bonds. The summed E-state index contributed by atoms with van der Waals surface area (Å²) in [6.07, 6.45) is 0. The third-order valence-corrected chi connectivity index (χ3v) is 3.53. The smallest absolute Gasteiger partial charge is 0.308 e. The van der Waals surface area contributed by atoms with Crippen molar-refractivity contribution >= 4 is 5.97 Å². The van der Waals surface area contributed by atoms with Crippen LogP contribution < -0.4 is 0 Å². The van der Waals surface area contributed by atoms with Crippen molar-refractivity contribution in [1.29, 1.82) is 0 Å². The average Bonchev–Trinajstić information content (AvgIpc) is 2.56. The summed E-state index contributed by atoms with van der Waals surface area (Å²) in [7, 11) is 1.70. The summed E-state index contributed by atoms with van der Waals surface area (Å²) in [6, 6.07) is 0.330. The van der Waals surface area contributed by atoms with Crippen molar-refractivity contribution in [2.24, 2.45) is 17.8 Å². The summed E-state index contributed by atoms with van der Waals surface area (Å²) >= 11 is 0. The summed E-state index contributed by atoms with van der Waals surface area (Å²) in [4.78, 5) is 13.3. The fourth-order valence-corrected chi connectivity index (χ4v) is 2.49. The second kappa shape index (κ2) is 5.64. The summed E-state index contributed by atoms with van der Waals surface area (Å²) in [5.74, 6) is -0.177. The zero-order chi connectivity index (χ0) is 12.3. The van der Waals surface area contributed by atoms with Crippen molar-refractivity contribution in [3.05, 3.63) is 0 Å². The van der Waals surface area contributed by atoms with Gasteiger partial charge in [0.05, 0.1) is 12.5 Å². The van der Waals surface area contributed by atoms with Gasteiger partial charge in [0.15, 0.2) is 0 Å². The molecule has 16 heavy (non-hydrogen) atoms. The van der Waals surface area contributed by atoms with Gasteiger partial charge < -0.3 is 9.84 Å². The van der Waals surface area contributed by atoms with E-state index in [1.165, 1.54) is 0 Å². The Balaban J connectivity index is 2.64. The minimum Gasteiger partial charge on any atom is -0.481 e. The van der Waals surface area contributed by atoms with Gasteiger partial charge >= 0.3 is 5.97 Å². The minimum atomic E-state index is -0.671. The van der Waals surface area contributed by atoms with Crippen molar-refractivity contribution in [2.75, 3.05) is 26.8 Å². The van der Waals surface area contributed by atoms with E-state index in [1.54, 1.807) is 7.11 Å². The summed E-state index contributed by atoms with van der Waals surface area (Å²) in [5, 5.41) is 9.09. The Bertz CT molecular complexity index is 242. The summed E-state index contributed by atoms with van der Waals surface area (Å²) < 4.78 is 5.22. The molecular formula is C12H23NO3. The predicted octanol–water partition coefficient (Wildman–Crippen LogP) is 1.31. The van der Waals surface area contributed by atoms with Crippen LogP contribution in [0.2, 0.25) is 0 Å². The van der Waals surface area contributed by atoms with Gasteiger partial charge in [-0.1, -0.05) is 20.8 Å². The Morgan fingerprint density at radius 2 is 2.12 bits per heavy atom. The van der Waals surface area contributed by atoms with E-state index in [2.05, 4.69) is 18.7 Å². The van der Waals surface area contributed by atoms with E-state index in [9.17, 15) is 4.79 Å². The predicted molar refractivity (Wildman–Crippen MR) is 62.4 cm³/mol. The SMILES string of the molecule is COCC(C(C)C)N1CC(C)C(C(=O)O)C1. The normalized spacial score (nSPS) is 28.6. The van der Waals surface area contributed by atoms with Crippen LogP contribution in [0.15, 0.2) is 0 Å². The highest BCUT2D eigenvalue weighted by Crippen LogP contribution is 2.27. The second-order valence-corrected chi connectivity index (χ2v) is 5.14. The van der Waals surface area contributed by atoms with Gasteiger partial charge in [0, 0.05) is 26.2 Å². The van der Waals surface area contributed by atoms with Crippen LogP contribution in [0.3, 0.4) is 0 Å². The number of nitrogens with zero attached hydrogens (tertiary/aromatic N) is 1. The Kier molecular flexibility index (Phi) is 4.74. The molecule has 0 spiro atoms. The fraction of sp³-hybridized carbons (Fsp3) is 0.917. The lowest BCUT2D eigenvalue weighted by Gasteiger charge is -2.30. The molecule has 94 valence electrons. The van der Waals surface area contributed by atoms with Crippen molar-refractivity contribution < 1.29 is 14.6 Å². The monoisotopic (exact) mass is 229 g/mol. The number of aliphatic carboxylic acids is 1. The number of carbonyl (C=O) groups is 1. The molecule has 1 aliphatic rings. The first kappa shape index (κ1) is 13.5. The third-order valence-electron chi connectivity index (χ3n) is 3.53. The van der Waals surface area contributed by atoms with E-state index < -0.39 is 5.97 Å². The molecule has 1 aliphatic heterocycles. The molecule has 3 atom stereocenters. The molecule has 0 bridgehead atoms. The van der Waals surface area contributed by atoms with Gasteiger partial charge in [-0.3, -0.25) is 9.69 Å². The minimum absolute atomic E-state index is 0.224. The number of ether oxygens (including phenoxy) is 1. The summed E-state index contributed by atoms with van der Waals surface area (Å²) in [6.45, 7) is 8.52.